The Morgan fingerprint density at radius 3 is 2.67 bits per heavy atom. The molecular weight excluding hydrogens is 250 g/mol. The van der Waals surface area contributed by atoms with Crippen LogP contribution in [0.2, 0.25) is 5.02 Å². The van der Waals surface area contributed by atoms with Crippen molar-refractivity contribution in [3.05, 3.63) is 35.0 Å². The summed E-state index contributed by atoms with van der Waals surface area (Å²) in [5.41, 5.74) is 7.49. The van der Waals surface area contributed by atoms with Gasteiger partial charge in [-0.2, -0.15) is 0 Å². The molecule has 2 rings (SSSR count). The molecule has 0 atom stereocenters. The fourth-order valence-electron chi connectivity index (χ4n) is 1.63. The molecular formula is C13H14ClN3O. The van der Waals surface area contributed by atoms with Crippen LogP contribution in [-0.4, -0.2) is 17.1 Å². The minimum absolute atomic E-state index is 0.462. The predicted molar refractivity (Wildman–Crippen MR) is 72.8 cm³/mol. The smallest absolute Gasteiger partial charge is 0.161 e. The molecule has 4 nitrogen and oxygen atoms in total. The quantitative estimate of drug-likeness (QED) is 0.925. The van der Waals surface area contributed by atoms with Gasteiger partial charge in [0.15, 0.2) is 5.82 Å². The number of nitrogens with two attached hydrogens (primary N) is 1. The van der Waals surface area contributed by atoms with Gasteiger partial charge in [0.05, 0.1) is 12.1 Å². The summed E-state index contributed by atoms with van der Waals surface area (Å²) >= 11 is 6.08. The Kier molecular flexibility index (Phi) is 3.67. The molecule has 0 spiro atoms. The van der Waals surface area contributed by atoms with Gasteiger partial charge in [-0.05, 0) is 24.6 Å². The number of nitrogen functional groups attached to an aromatic ring is 1. The standard InChI is InChI=1S/C13H14ClN3O/c1-3-9-7-12(15)17-13(16-9)8-4-5-11(18-2)10(14)6-8/h4-7H,3H2,1-2H3,(H2,15,16,17). The summed E-state index contributed by atoms with van der Waals surface area (Å²) in [4.78, 5) is 8.64. The van der Waals surface area contributed by atoms with Crippen LogP contribution in [0.1, 0.15) is 12.6 Å². The van der Waals surface area contributed by atoms with Crippen LogP contribution in [0.3, 0.4) is 0 Å². The van der Waals surface area contributed by atoms with E-state index in [2.05, 4.69) is 9.97 Å². The maximum atomic E-state index is 6.08. The zero-order valence-corrected chi connectivity index (χ0v) is 11.0. The summed E-state index contributed by atoms with van der Waals surface area (Å²) in [7, 11) is 1.58. The number of ether oxygens (including phenoxy) is 1. The lowest BCUT2D eigenvalue weighted by Crippen LogP contribution is -1.99. The number of hydrogen-bond acceptors (Lipinski definition) is 4. The van der Waals surface area contributed by atoms with Gasteiger partial charge in [-0.1, -0.05) is 18.5 Å². The van der Waals surface area contributed by atoms with Crippen molar-refractivity contribution >= 4 is 17.4 Å². The van der Waals surface area contributed by atoms with Gasteiger partial charge in [0.25, 0.3) is 0 Å². The molecule has 0 unspecified atom stereocenters. The van der Waals surface area contributed by atoms with Gasteiger partial charge in [0, 0.05) is 17.3 Å². The van der Waals surface area contributed by atoms with Gasteiger partial charge in [-0.3, -0.25) is 0 Å². The molecule has 0 aliphatic carbocycles. The predicted octanol–water partition coefficient (Wildman–Crippen LogP) is 2.95. The SMILES string of the molecule is CCc1cc(N)nc(-c2ccc(OC)c(Cl)c2)n1. The number of hydrogen-bond donors (Lipinski definition) is 1. The molecule has 1 heterocycles. The van der Waals surface area contributed by atoms with E-state index >= 15 is 0 Å². The van der Waals surface area contributed by atoms with Crippen molar-refractivity contribution in [1.82, 2.24) is 9.97 Å². The van der Waals surface area contributed by atoms with Crippen molar-refractivity contribution in [2.75, 3.05) is 12.8 Å². The van der Waals surface area contributed by atoms with Crippen LogP contribution in [0.15, 0.2) is 24.3 Å². The highest BCUT2D eigenvalue weighted by Gasteiger charge is 2.08. The van der Waals surface area contributed by atoms with E-state index in [1.165, 1.54) is 0 Å². The van der Waals surface area contributed by atoms with Crippen LogP contribution in [0.5, 0.6) is 5.75 Å². The summed E-state index contributed by atoms with van der Waals surface area (Å²) in [5, 5.41) is 0.527. The molecule has 2 N–H and O–H groups in total. The Bertz CT molecular complexity index is 572. The first-order valence-electron chi connectivity index (χ1n) is 5.61. The number of aromatic nitrogens is 2. The molecule has 0 amide bonds. The fraction of sp³-hybridized carbons (Fsp3) is 0.231. The second-order valence-corrected chi connectivity index (χ2v) is 4.22. The number of rotatable bonds is 3. The third-order valence-corrected chi connectivity index (χ3v) is 2.87. The first-order valence-corrected chi connectivity index (χ1v) is 5.99. The second kappa shape index (κ2) is 5.23. The average Bonchev–Trinajstić information content (AvgIpc) is 2.37. The molecule has 18 heavy (non-hydrogen) atoms. The van der Waals surface area contributed by atoms with Gasteiger partial charge in [0.1, 0.15) is 11.6 Å². The van der Waals surface area contributed by atoms with Crippen LogP contribution >= 0.6 is 11.6 Å². The van der Waals surface area contributed by atoms with E-state index in [9.17, 15) is 0 Å². The lowest BCUT2D eigenvalue weighted by molar-refractivity contribution is 0.415. The van der Waals surface area contributed by atoms with E-state index in [4.69, 9.17) is 22.1 Å². The Morgan fingerprint density at radius 1 is 1.28 bits per heavy atom. The lowest BCUT2D eigenvalue weighted by Gasteiger charge is -2.07. The normalized spacial score (nSPS) is 10.4. The Morgan fingerprint density at radius 2 is 2.06 bits per heavy atom. The summed E-state index contributed by atoms with van der Waals surface area (Å²) < 4.78 is 5.11. The Labute approximate surface area is 111 Å². The van der Waals surface area contributed by atoms with Crippen LogP contribution in [0.4, 0.5) is 5.82 Å². The number of methoxy groups -OCH3 is 1. The highest BCUT2D eigenvalue weighted by molar-refractivity contribution is 6.32. The van der Waals surface area contributed by atoms with Crippen LogP contribution < -0.4 is 10.5 Å². The maximum absolute atomic E-state index is 6.08. The highest BCUT2D eigenvalue weighted by Crippen LogP contribution is 2.29. The van der Waals surface area contributed by atoms with Crippen molar-refractivity contribution in [2.45, 2.75) is 13.3 Å². The van der Waals surface area contributed by atoms with E-state index in [-0.39, 0.29) is 0 Å². The highest BCUT2D eigenvalue weighted by atomic mass is 35.5. The molecule has 0 bridgehead atoms. The molecule has 5 heteroatoms. The van der Waals surface area contributed by atoms with Gasteiger partial charge in [0.2, 0.25) is 0 Å². The van der Waals surface area contributed by atoms with Crippen molar-refractivity contribution in [3.63, 3.8) is 0 Å². The topological polar surface area (TPSA) is 61.0 Å². The minimum Gasteiger partial charge on any atom is -0.495 e. The van der Waals surface area contributed by atoms with Gasteiger partial charge in [-0.25, -0.2) is 9.97 Å². The maximum Gasteiger partial charge on any atom is 0.161 e. The minimum atomic E-state index is 0.462. The van der Waals surface area contributed by atoms with E-state index in [1.807, 2.05) is 13.0 Å². The molecule has 1 aromatic carbocycles. The fourth-order valence-corrected chi connectivity index (χ4v) is 1.89. The summed E-state index contributed by atoms with van der Waals surface area (Å²) in [6.45, 7) is 2.02. The van der Waals surface area contributed by atoms with Gasteiger partial charge in [-0.15, -0.1) is 0 Å². The molecule has 0 radical (unpaired) electrons. The van der Waals surface area contributed by atoms with Crippen molar-refractivity contribution in [3.8, 4) is 17.1 Å². The van der Waals surface area contributed by atoms with Crippen molar-refractivity contribution in [1.29, 1.82) is 0 Å². The van der Waals surface area contributed by atoms with Crippen LogP contribution in [0, 0.1) is 0 Å². The molecule has 0 saturated heterocycles. The second-order valence-electron chi connectivity index (χ2n) is 3.81. The zero-order chi connectivity index (χ0) is 13.1. The summed E-state index contributed by atoms with van der Waals surface area (Å²) in [6.07, 6.45) is 0.809. The molecule has 0 aliphatic rings. The van der Waals surface area contributed by atoms with E-state index in [0.29, 0.717) is 22.4 Å². The van der Waals surface area contributed by atoms with Gasteiger partial charge < -0.3 is 10.5 Å². The van der Waals surface area contributed by atoms with Gasteiger partial charge >= 0.3 is 0 Å². The molecule has 2 aromatic rings. The van der Waals surface area contributed by atoms with Crippen molar-refractivity contribution < 1.29 is 4.74 Å². The van der Waals surface area contributed by atoms with E-state index < -0.39 is 0 Å². The first kappa shape index (κ1) is 12.6. The monoisotopic (exact) mass is 263 g/mol. The van der Waals surface area contributed by atoms with E-state index in [0.717, 1.165) is 17.7 Å². The molecule has 0 fully saturated rings. The molecule has 0 saturated carbocycles. The average molecular weight is 264 g/mol. The summed E-state index contributed by atoms with van der Waals surface area (Å²) in [5.74, 6) is 1.67. The zero-order valence-electron chi connectivity index (χ0n) is 10.3. The third-order valence-electron chi connectivity index (χ3n) is 2.57. The number of anilines is 1. The Hall–Kier alpha value is -1.81. The molecule has 1 aromatic heterocycles. The largest absolute Gasteiger partial charge is 0.495 e. The molecule has 94 valence electrons. The first-order chi connectivity index (χ1) is 8.63. The number of benzene rings is 1. The third kappa shape index (κ3) is 2.54. The van der Waals surface area contributed by atoms with Crippen LogP contribution in [0.25, 0.3) is 11.4 Å². The molecule has 0 aliphatic heterocycles. The lowest BCUT2D eigenvalue weighted by atomic mass is 10.2. The van der Waals surface area contributed by atoms with Crippen molar-refractivity contribution in [2.24, 2.45) is 0 Å². The number of halogens is 1. The summed E-state index contributed by atoms with van der Waals surface area (Å²) in [6, 6.07) is 7.19. The number of nitrogens with zero attached hydrogens (tertiary/aromatic N) is 2. The number of aryl methyl sites for hydroxylation is 1. The van der Waals surface area contributed by atoms with E-state index in [1.54, 1.807) is 25.3 Å². The Balaban J connectivity index is 2.48. The van der Waals surface area contributed by atoms with Crippen LogP contribution in [-0.2, 0) is 6.42 Å².